The van der Waals surface area contributed by atoms with Gasteiger partial charge in [0.15, 0.2) is 5.60 Å². The van der Waals surface area contributed by atoms with Crippen LogP contribution in [0.1, 0.15) is 52.9 Å². The first kappa shape index (κ1) is 12.9. The lowest BCUT2D eigenvalue weighted by molar-refractivity contribution is -0.174. The van der Waals surface area contributed by atoms with Crippen molar-refractivity contribution < 1.29 is 14.3 Å². The number of fused-ring (bicyclic) bond motifs is 2. The van der Waals surface area contributed by atoms with E-state index in [1.165, 1.54) is 6.42 Å². The lowest BCUT2D eigenvalue weighted by atomic mass is 9.66. The summed E-state index contributed by atoms with van der Waals surface area (Å²) in [5, 5.41) is 0. The SMILES string of the molecule is CC1(C)[C@@]2(C)CC[C@]1(C(=O)N1CCCCC1)OC2=O. The van der Waals surface area contributed by atoms with Crippen LogP contribution in [0.2, 0.25) is 0 Å². The lowest BCUT2D eigenvalue weighted by Gasteiger charge is -2.40. The van der Waals surface area contributed by atoms with Crippen molar-refractivity contribution in [2.24, 2.45) is 10.8 Å². The van der Waals surface area contributed by atoms with Crippen molar-refractivity contribution in [3.63, 3.8) is 0 Å². The molecule has 3 fully saturated rings. The minimum Gasteiger partial charge on any atom is -0.448 e. The molecule has 1 saturated carbocycles. The lowest BCUT2D eigenvalue weighted by Crippen LogP contribution is -2.55. The molecule has 0 spiro atoms. The van der Waals surface area contributed by atoms with E-state index in [4.69, 9.17) is 4.74 Å². The third-order valence-corrected chi connectivity index (χ3v) is 6.07. The molecule has 1 aliphatic carbocycles. The van der Waals surface area contributed by atoms with Gasteiger partial charge in [-0.15, -0.1) is 0 Å². The first-order chi connectivity index (χ1) is 8.85. The quantitative estimate of drug-likeness (QED) is 0.682. The molecule has 0 aromatic heterocycles. The fourth-order valence-corrected chi connectivity index (χ4v) is 4.07. The molecule has 3 aliphatic rings. The van der Waals surface area contributed by atoms with Gasteiger partial charge in [-0.05, 0) is 39.0 Å². The molecule has 2 aliphatic heterocycles. The van der Waals surface area contributed by atoms with Crippen molar-refractivity contribution in [2.45, 2.75) is 58.5 Å². The monoisotopic (exact) mass is 265 g/mol. The number of carbonyl (C=O) groups excluding carboxylic acids is 2. The first-order valence-electron chi connectivity index (χ1n) is 7.38. The van der Waals surface area contributed by atoms with Crippen molar-refractivity contribution >= 4 is 11.9 Å². The highest BCUT2D eigenvalue weighted by molar-refractivity contribution is 5.96. The highest BCUT2D eigenvalue weighted by Crippen LogP contribution is 2.66. The maximum Gasteiger partial charge on any atom is 0.313 e. The number of piperidine rings is 1. The van der Waals surface area contributed by atoms with Crippen LogP contribution in [-0.4, -0.2) is 35.5 Å². The Kier molecular flexibility index (Phi) is 2.55. The van der Waals surface area contributed by atoms with Crippen LogP contribution in [0.15, 0.2) is 0 Å². The molecule has 4 nitrogen and oxygen atoms in total. The molecule has 4 heteroatoms. The predicted molar refractivity (Wildman–Crippen MR) is 70.4 cm³/mol. The van der Waals surface area contributed by atoms with E-state index in [0.717, 1.165) is 32.4 Å². The van der Waals surface area contributed by atoms with E-state index in [2.05, 4.69) is 0 Å². The third-order valence-electron chi connectivity index (χ3n) is 6.07. The number of esters is 1. The van der Waals surface area contributed by atoms with Crippen molar-refractivity contribution in [1.29, 1.82) is 0 Å². The largest absolute Gasteiger partial charge is 0.448 e. The zero-order chi connectivity index (χ0) is 13.9. The minimum absolute atomic E-state index is 0.0479. The van der Waals surface area contributed by atoms with Crippen LogP contribution in [0, 0.1) is 10.8 Å². The van der Waals surface area contributed by atoms with Gasteiger partial charge in [-0.25, -0.2) is 0 Å². The standard InChI is InChI=1S/C15H23NO3/c1-13(2)14(3)7-8-15(13,19-12(14)18)11(17)16-9-5-4-6-10-16/h4-10H2,1-3H3/t14-,15+/m0/s1. The average Bonchev–Trinajstić information content (AvgIpc) is 2.69. The van der Waals surface area contributed by atoms with Gasteiger partial charge < -0.3 is 9.64 Å². The molecule has 1 amide bonds. The molecule has 0 N–H and O–H groups in total. The van der Waals surface area contributed by atoms with Crippen LogP contribution in [0.3, 0.4) is 0 Å². The molecule has 0 aromatic carbocycles. The Hall–Kier alpha value is -1.06. The topological polar surface area (TPSA) is 46.6 Å². The Balaban J connectivity index is 1.95. The number of ether oxygens (including phenoxy) is 1. The molecule has 2 heterocycles. The molecular formula is C15H23NO3. The molecule has 2 bridgehead atoms. The van der Waals surface area contributed by atoms with Gasteiger partial charge in [-0.3, -0.25) is 9.59 Å². The first-order valence-corrected chi connectivity index (χ1v) is 7.38. The fraction of sp³-hybridized carbons (Fsp3) is 0.867. The second-order valence-corrected chi connectivity index (χ2v) is 7.03. The van der Waals surface area contributed by atoms with Crippen LogP contribution in [0.25, 0.3) is 0 Å². The predicted octanol–water partition coefficient (Wildman–Crippen LogP) is 2.12. The number of hydrogen-bond donors (Lipinski definition) is 0. The number of rotatable bonds is 1. The number of nitrogens with zero attached hydrogens (tertiary/aromatic N) is 1. The Labute approximate surface area is 114 Å². The van der Waals surface area contributed by atoms with E-state index in [-0.39, 0.29) is 11.9 Å². The molecule has 0 unspecified atom stereocenters. The molecule has 19 heavy (non-hydrogen) atoms. The molecule has 3 rings (SSSR count). The molecule has 2 saturated heterocycles. The summed E-state index contributed by atoms with van der Waals surface area (Å²) < 4.78 is 5.65. The van der Waals surface area contributed by atoms with Crippen LogP contribution < -0.4 is 0 Å². The zero-order valence-electron chi connectivity index (χ0n) is 12.1. The number of hydrogen-bond acceptors (Lipinski definition) is 3. The van der Waals surface area contributed by atoms with E-state index < -0.39 is 16.4 Å². The Bertz CT molecular complexity index is 439. The summed E-state index contributed by atoms with van der Waals surface area (Å²) >= 11 is 0. The number of amides is 1. The van der Waals surface area contributed by atoms with Crippen molar-refractivity contribution in [3.05, 3.63) is 0 Å². The summed E-state index contributed by atoms with van der Waals surface area (Å²) in [6.07, 6.45) is 4.76. The van der Waals surface area contributed by atoms with Gasteiger partial charge in [-0.1, -0.05) is 13.8 Å². The smallest absolute Gasteiger partial charge is 0.313 e. The second kappa shape index (κ2) is 3.74. The Morgan fingerprint density at radius 2 is 1.74 bits per heavy atom. The Morgan fingerprint density at radius 1 is 1.11 bits per heavy atom. The number of carbonyl (C=O) groups is 2. The summed E-state index contributed by atoms with van der Waals surface area (Å²) in [7, 11) is 0. The van der Waals surface area contributed by atoms with E-state index in [9.17, 15) is 9.59 Å². The van der Waals surface area contributed by atoms with Gasteiger partial charge in [0.05, 0.1) is 5.41 Å². The van der Waals surface area contributed by atoms with Crippen molar-refractivity contribution in [2.75, 3.05) is 13.1 Å². The maximum atomic E-state index is 12.9. The summed E-state index contributed by atoms with van der Waals surface area (Å²) in [5.41, 5.74) is -1.82. The van der Waals surface area contributed by atoms with Crippen LogP contribution in [-0.2, 0) is 14.3 Å². The van der Waals surface area contributed by atoms with Crippen molar-refractivity contribution in [3.8, 4) is 0 Å². The highest BCUT2D eigenvalue weighted by atomic mass is 16.6. The van der Waals surface area contributed by atoms with E-state index >= 15 is 0 Å². The van der Waals surface area contributed by atoms with Gasteiger partial charge in [0.25, 0.3) is 5.91 Å². The zero-order valence-corrected chi connectivity index (χ0v) is 12.1. The fourth-order valence-electron chi connectivity index (χ4n) is 4.07. The molecule has 0 aromatic rings. The average molecular weight is 265 g/mol. The minimum atomic E-state index is -0.907. The van der Waals surface area contributed by atoms with Gasteiger partial charge in [0.1, 0.15) is 0 Å². The van der Waals surface area contributed by atoms with Gasteiger partial charge in [0, 0.05) is 18.5 Å². The van der Waals surface area contributed by atoms with Crippen molar-refractivity contribution in [1.82, 2.24) is 4.90 Å². The van der Waals surface area contributed by atoms with Gasteiger partial charge >= 0.3 is 5.97 Å². The van der Waals surface area contributed by atoms with E-state index in [1.54, 1.807) is 0 Å². The summed E-state index contributed by atoms with van der Waals surface area (Å²) in [5.74, 6) is -0.138. The summed E-state index contributed by atoms with van der Waals surface area (Å²) in [4.78, 5) is 27.0. The van der Waals surface area contributed by atoms with E-state index in [1.807, 2.05) is 25.7 Å². The van der Waals surface area contributed by atoms with Gasteiger partial charge in [0.2, 0.25) is 0 Å². The molecular weight excluding hydrogens is 242 g/mol. The third kappa shape index (κ3) is 1.35. The second-order valence-electron chi connectivity index (χ2n) is 7.03. The van der Waals surface area contributed by atoms with Crippen LogP contribution in [0.4, 0.5) is 0 Å². The van der Waals surface area contributed by atoms with Gasteiger partial charge in [-0.2, -0.15) is 0 Å². The Morgan fingerprint density at radius 3 is 2.21 bits per heavy atom. The number of likely N-dealkylation sites (tertiary alicyclic amines) is 1. The summed E-state index contributed by atoms with van der Waals surface area (Å²) in [6.45, 7) is 7.61. The van der Waals surface area contributed by atoms with Crippen LogP contribution >= 0.6 is 0 Å². The van der Waals surface area contributed by atoms with Crippen LogP contribution in [0.5, 0.6) is 0 Å². The normalized spacial score (nSPS) is 40.4. The van der Waals surface area contributed by atoms with E-state index in [0.29, 0.717) is 6.42 Å². The molecule has 106 valence electrons. The maximum absolute atomic E-state index is 12.9. The highest BCUT2D eigenvalue weighted by Gasteiger charge is 2.76. The summed E-state index contributed by atoms with van der Waals surface area (Å²) in [6, 6.07) is 0. The molecule has 0 radical (unpaired) electrons. The molecule has 2 atom stereocenters.